The molecule has 0 saturated heterocycles. The van der Waals surface area contributed by atoms with E-state index in [9.17, 15) is 0 Å². The molecule has 0 aliphatic heterocycles. The first-order valence-corrected chi connectivity index (χ1v) is 8.16. The van der Waals surface area contributed by atoms with Gasteiger partial charge in [-0.25, -0.2) is 4.98 Å². The minimum atomic E-state index is 0.866. The van der Waals surface area contributed by atoms with E-state index in [1.54, 1.807) is 29.9 Å². The molecule has 2 aromatic carbocycles. The van der Waals surface area contributed by atoms with Crippen LogP contribution in [0.3, 0.4) is 0 Å². The van der Waals surface area contributed by atoms with Crippen LogP contribution in [-0.2, 0) is 0 Å². The summed E-state index contributed by atoms with van der Waals surface area (Å²) in [5, 5.41) is 3.01. The van der Waals surface area contributed by atoms with Gasteiger partial charge in [0.25, 0.3) is 0 Å². The average Bonchev–Trinajstić information content (AvgIpc) is 3.17. The van der Waals surface area contributed by atoms with Crippen LogP contribution in [-0.4, -0.2) is 15.0 Å². The topological polar surface area (TPSA) is 38.7 Å². The van der Waals surface area contributed by atoms with E-state index in [4.69, 9.17) is 0 Å². The molecular formula is C19H13N3S. The highest BCUT2D eigenvalue weighted by molar-refractivity contribution is 7.13. The van der Waals surface area contributed by atoms with Gasteiger partial charge in [-0.3, -0.25) is 9.97 Å². The van der Waals surface area contributed by atoms with Crippen LogP contribution in [0, 0.1) is 0 Å². The van der Waals surface area contributed by atoms with E-state index in [1.807, 2.05) is 23.7 Å². The summed E-state index contributed by atoms with van der Waals surface area (Å²) in [6, 6.07) is 16.6. The van der Waals surface area contributed by atoms with Crippen molar-refractivity contribution in [3.63, 3.8) is 0 Å². The Kier molecular flexibility index (Phi) is 3.66. The Hall–Kier alpha value is -2.85. The predicted molar refractivity (Wildman–Crippen MR) is 94.0 cm³/mol. The molecular weight excluding hydrogens is 302 g/mol. The molecule has 0 bridgehead atoms. The molecule has 0 aliphatic carbocycles. The van der Waals surface area contributed by atoms with Crippen molar-refractivity contribution in [3.8, 4) is 33.0 Å². The maximum absolute atomic E-state index is 4.49. The number of nitrogens with zero attached hydrogens (tertiary/aromatic N) is 3. The summed E-state index contributed by atoms with van der Waals surface area (Å²) in [6.07, 6.45) is 7.05. The van der Waals surface area contributed by atoms with Gasteiger partial charge in [0.1, 0.15) is 5.01 Å². The molecule has 0 saturated carbocycles. The summed E-state index contributed by atoms with van der Waals surface area (Å²) in [4.78, 5) is 13.2. The smallest absolute Gasteiger partial charge is 0.123 e. The van der Waals surface area contributed by atoms with Gasteiger partial charge >= 0.3 is 0 Å². The summed E-state index contributed by atoms with van der Waals surface area (Å²) in [5.74, 6) is 0. The standard InChI is InChI=1S/C19H13N3S/c1-2-5-14(6-3-1)18-15(17-13-20-9-10-21-17)7-4-8-16(18)19-22-11-12-23-19/h1-13H. The number of thiazole rings is 1. The van der Waals surface area contributed by atoms with Crippen LogP contribution in [0.2, 0.25) is 0 Å². The lowest BCUT2D eigenvalue weighted by Gasteiger charge is -2.13. The molecule has 0 spiro atoms. The molecule has 4 heteroatoms. The third-order valence-corrected chi connectivity index (χ3v) is 4.44. The maximum atomic E-state index is 4.49. The first-order valence-electron chi connectivity index (χ1n) is 7.28. The number of hydrogen-bond acceptors (Lipinski definition) is 4. The number of benzene rings is 2. The van der Waals surface area contributed by atoms with Gasteiger partial charge in [0, 0.05) is 40.7 Å². The Bertz CT molecular complexity index is 904. The predicted octanol–water partition coefficient (Wildman–Crippen LogP) is 4.93. The van der Waals surface area contributed by atoms with Gasteiger partial charge in [-0.2, -0.15) is 0 Å². The summed E-state index contributed by atoms with van der Waals surface area (Å²) in [7, 11) is 0. The van der Waals surface area contributed by atoms with Gasteiger partial charge in [-0.05, 0) is 5.56 Å². The second-order valence-electron chi connectivity index (χ2n) is 5.02. The van der Waals surface area contributed by atoms with Crippen molar-refractivity contribution in [3.05, 3.63) is 78.7 Å². The molecule has 0 fully saturated rings. The fourth-order valence-electron chi connectivity index (χ4n) is 2.65. The monoisotopic (exact) mass is 315 g/mol. The molecule has 0 unspecified atom stereocenters. The molecule has 0 radical (unpaired) electrons. The molecule has 0 N–H and O–H groups in total. The minimum Gasteiger partial charge on any atom is -0.261 e. The Morgan fingerprint density at radius 3 is 2.35 bits per heavy atom. The molecule has 0 aliphatic rings. The highest BCUT2D eigenvalue weighted by Crippen LogP contribution is 2.39. The molecule has 2 aromatic heterocycles. The van der Waals surface area contributed by atoms with Crippen LogP contribution in [0.1, 0.15) is 0 Å². The van der Waals surface area contributed by atoms with Gasteiger partial charge in [-0.1, -0.05) is 48.5 Å². The zero-order valence-corrected chi connectivity index (χ0v) is 13.1. The fraction of sp³-hybridized carbons (Fsp3) is 0. The van der Waals surface area contributed by atoms with Crippen molar-refractivity contribution in [2.45, 2.75) is 0 Å². The molecule has 110 valence electrons. The van der Waals surface area contributed by atoms with E-state index in [2.05, 4.69) is 51.4 Å². The SMILES string of the molecule is c1ccc(-c2c(-c3cnccn3)cccc2-c2nccs2)cc1. The summed E-state index contributed by atoms with van der Waals surface area (Å²) >= 11 is 1.64. The van der Waals surface area contributed by atoms with Crippen LogP contribution >= 0.6 is 11.3 Å². The normalized spacial score (nSPS) is 10.6. The largest absolute Gasteiger partial charge is 0.261 e. The molecule has 0 amide bonds. The lowest BCUT2D eigenvalue weighted by atomic mass is 9.93. The van der Waals surface area contributed by atoms with Gasteiger partial charge in [0.15, 0.2) is 0 Å². The zero-order chi connectivity index (χ0) is 15.5. The third-order valence-electron chi connectivity index (χ3n) is 3.63. The molecule has 2 heterocycles. The van der Waals surface area contributed by atoms with Crippen molar-refractivity contribution >= 4 is 11.3 Å². The first-order chi connectivity index (χ1) is 11.4. The van der Waals surface area contributed by atoms with Gasteiger partial charge in [-0.15, -0.1) is 11.3 Å². The van der Waals surface area contributed by atoms with Crippen LogP contribution < -0.4 is 0 Å². The Morgan fingerprint density at radius 2 is 1.61 bits per heavy atom. The van der Waals surface area contributed by atoms with Crippen LogP contribution in [0.25, 0.3) is 33.0 Å². The summed E-state index contributed by atoms with van der Waals surface area (Å²) in [6.45, 7) is 0. The Labute approximate surface area is 138 Å². The van der Waals surface area contributed by atoms with Crippen LogP contribution in [0.4, 0.5) is 0 Å². The van der Waals surface area contributed by atoms with Crippen molar-refractivity contribution < 1.29 is 0 Å². The first kappa shape index (κ1) is 13.8. The summed E-state index contributed by atoms with van der Waals surface area (Å²) in [5.41, 5.74) is 5.35. The highest BCUT2D eigenvalue weighted by Gasteiger charge is 2.15. The van der Waals surface area contributed by atoms with E-state index >= 15 is 0 Å². The molecule has 23 heavy (non-hydrogen) atoms. The number of hydrogen-bond donors (Lipinski definition) is 0. The van der Waals surface area contributed by atoms with Crippen LogP contribution in [0.5, 0.6) is 0 Å². The van der Waals surface area contributed by atoms with Crippen LogP contribution in [0.15, 0.2) is 78.7 Å². The molecule has 4 rings (SSSR count). The number of aromatic nitrogens is 3. The minimum absolute atomic E-state index is 0.866. The second kappa shape index (κ2) is 6.10. The summed E-state index contributed by atoms with van der Waals surface area (Å²) < 4.78 is 0. The van der Waals surface area contributed by atoms with E-state index in [1.165, 1.54) is 0 Å². The van der Waals surface area contributed by atoms with Crippen molar-refractivity contribution in [1.29, 1.82) is 0 Å². The maximum Gasteiger partial charge on any atom is 0.123 e. The average molecular weight is 315 g/mol. The van der Waals surface area contributed by atoms with Gasteiger partial charge < -0.3 is 0 Å². The third kappa shape index (κ3) is 2.64. The molecule has 0 atom stereocenters. The highest BCUT2D eigenvalue weighted by atomic mass is 32.1. The van der Waals surface area contributed by atoms with E-state index in [0.29, 0.717) is 0 Å². The lowest BCUT2D eigenvalue weighted by molar-refractivity contribution is 1.21. The van der Waals surface area contributed by atoms with Crippen molar-refractivity contribution in [1.82, 2.24) is 15.0 Å². The Morgan fingerprint density at radius 1 is 0.739 bits per heavy atom. The van der Waals surface area contributed by atoms with E-state index < -0.39 is 0 Å². The van der Waals surface area contributed by atoms with Gasteiger partial charge in [0.2, 0.25) is 0 Å². The fourth-order valence-corrected chi connectivity index (χ4v) is 3.32. The number of rotatable bonds is 3. The van der Waals surface area contributed by atoms with E-state index in [-0.39, 0.29) is 0 Å². The molecule has 3 nitrogen and oxygen atoms in total. The van der Waals surface area contributed by atoms with Crippen molar-refractivity contribution in [2.75, 3.05) is 0 Å². The molecule has 4 aromatic rings. The quantitative estimate of drug-likeness (QED) is 0.538. The zero-order valence-electron chi connectivity index (χ0n) is 12.3. The lowest BCUT2D eigenvalue weighted by Crippen LogP contribution is -1.92. The Balaban J connectivity index is 2.02. The van der Waals surface area contributed by atoms with Crippen molar-refractivity contribution in [2.24, 2.45) is 0 Å². The van der Waals surface area contributed by atoms with Gasteiger partial charge in [0.05, 0.1) is 11.9 Å². The second-order valence-corrected chi connectivity index (χ2v) is 5.92. The van der Waals surface area contributed by atoms with E-state index in [0.717, 1.165) is 33.0 Å².